The van der Waals surface area contributed by atoms with Crippen LogP contribution in [0.15, 0.2) is 36.5 Å². The molecule has 1 heterocycles. The van der Waals surface area contributed by atoms with Crippen LogP contribution in [0.25, 0.3) is 5.69 Å². The number of carbonyl (C=O) groups excluding carboxylic acids is 1. The maximum Gasteiger partial charge on any atom is 0.166 e. The molecular formula is C14H16N2O. The summed E-state index contributed by atoms with van der Waals surface area (Å²) in [5, 5.41) is 0. The number of anilines is 1. The van der Waals surface area contributed by atoms with Gasteiger partial charge in [0.15, 0.2) is 6.29 Å². The summed E-state index contributed by atoms with van der Waals surface area (Å²) in [5.74, 6) is 0. The van der Waals surface area contributed by atoms with E-state index < -0.39 is 0 Å². The zero-order valence-electron chi connectivity index (χ0n) is 10.3. The predicted octanol–water partition coefficient (Wildman–Crippen LogP) is 2.66. The number of aryl methyl sites for hydroxylation is 1. The van der Waals surface area contributed by atoms with Crippen LogP contribution >= 0.6 is 0 Å². The van der Waals surface area contributed by atoms with Crippen molar-refractivity contribution in [1.29, 1.82) is 0 Å². The first-order valence-corrected chi connectivity index (χ1v) is 5.54. The van der Waals surface area contributed by atoms with Crippen LogP contribution in [0.2, 0.25) is 0 Å². The Bertz CT molecular complexity index is 541. The molecule has 1 aromatic carbocycles. The normalized spacial score (nSPS) is 10.3. The van der Waals surface area contributed by atoms with E-state index in [0.717, 1.165) is 17.7 Å². The van der Waals surface area contributed by atoms with Crippen molar-refractivity contribution in [3.05, 3.63) is 47.8 Å². The number of carbonyl (C=O) groups is 1. The quantitative estimate of drug-likeness (QED) is 0.755. The van der Waals surface area contributed by atoms with Crippen LogP contribution in [0.3, 0.4) is 0 Å². The first-order valence-electron chi connectivity index (χ1n) is 5.54. The van der Waals surface area contributed by atoms with Gasteiger partial charge in [-0.3, -0.25) is 4.79 Å². The fourth-order valence-corrected chi connectivity index (χ4v) is 1.95. The summed E-state index contributed by atoms with van der Waals surface area (Å²) < 4.78 is 1.89. The third-order valence-corrected chi connectivity index (χ3v) is 2.85. The molecule has 0 amide bonds. The van der Waals surface area contributed by atoms with Gasteiger partial charge in [0.25, 0.3) is 0 Å². The summed E-state index contributed by atoms with van der Waals surface area (Å²) in [6, 6.07) is 9.86. The van der Waals surface area contributed by atoms with E-state index in [1.165, 1.54) is 5.56 Å². The van der Waals surface area contributed by atoms with Crippen molar-refractivity contribution in [2.45, 2.75) is 6.92 Å². The molecule has 0 aliphatic carbocycles. The molecule has 2 aromatic rings. The first kappa shape index (κ1) is 11.5. The Morgan fingerprint density at radius 1 is 1.24 bits per heavy atom. The van der Waals surface area contributed by atoms with Crippen LogP contribution < -0.4 is 4.90 Å². The minimum absolute atomic E-state index is 0.665. The Hall–Kier alpha value is -2.03. The van der Waals surface area contributed by atoms with E-state index in [9.17, 15) is 4.79 Å². The smallest absolute Gasteiger partial charge is 0.166 e. The highest BCUT2D eigenvalue weighted by atomic mass is 16.1. The number of hydrogen-bond donors (Lipinski definition) is 0. The molecule has 3 heteroatoms. The lowest BCUT2D eigenvalue weighted by Crippen LogP contribution is -2.11. The van der Waals surface area contributed by atoms with Gasteiger partial charge in [-0.05, 0) is 36.8 Å². The van der Waals surface area contributed by atoms with E-state index in [0.29, 0.717) is 5.69 Å². The maximum absolute atomic E-state index is 10.9. The molecule has 0 saturated carbocycles. The van der Waals surface area contributed by atoms with Crippen LogP contribution in [-0.4, -0.2) is 24.9 Å². The standard InChI is InChI=1S/C14H16N2O/c1-11-6-7-12(9-14(11)15(2)3)16-8-4-5-13(16)10-17/h4-10H,1-3H3. The molecule has 0 aliphatic heterocycles. The molecule has 0 aliphatic rings. The van der Waals surface area contributed by atoms with E-state index in [1.54, 1.807) is 0 Å². The Balaban J connectivity index is 2.54. The summed E-state index contributed by atoms with van der Waals surface area (Å²) in [7, 11) is 4.03. The number of nitrogens with zero attached hydrogens (tertiary/aromatic N) is 2. The zero-order chi connectivity index (χ0) is 12.4. The highest BCUT2D eigenvalue weighted by Gasteiger charge is 2.06. The van der Waals surface area contributed by atoms with E-state index in [2.05, 4.69) is 24.0 Å². The highest BCUT2D eigenvalue weighted by molar-refractivity contribution is 5.74. The Morgan fingerprint density at radius 3 is 2.65 bits per heavy atom. The van der Waals surface area contributed by atoms with Crippen molar-refractivity contribution in [1.82, 2.24) is 4.57 Å². The van der Waals surface area contributed by atoms with Gasteiger partial charge in [-0.25, -0.2) is 0 Å². The van der Waals surface area contributed by atoms with Gasteiger partial charge in [0.1, 0.15) is 0 Å². The second-order valence-corrected chi connectivity index (χ2v) is 4.29. The Kier molecular flexibility index (Phi) is 3.00. The largest absolute Gasteiger partial charge is 0.377 e. The van der Waals surface area contributed by atoms with E-state index in [4.69, 9.17) is 0 Å². The molecule has 3 nitrogen and oxygen atoms in total. The molecule has 0 radical (unpaired) electrons. The van der Waals surface area contributed by atoms with Crippen LogP contribution in [0, 0.1) is 6.92 Å². The number of hydrogen-bond acceptors (Lipinski definition) is 2. The number of aromatic nitrogens is 1. The summed E-state index contributed by atoms with van der Waals surface area (Å²) in [6.45, 7) is 2.08. The van der Waals surface area contributed by atoms with Crippen molar-refractivity contribution < 1.29 is 4.79 Å². The maximum atomic E-state index is 10.9. The van der Waals surface area contributed by atoms with E-state index in [1.807, 2.05) is 43.1 Å². The molecule has 88 valence electrons. The van der Waals surface area contributed by atoms with Gasteiger partial charge < -0.3 is 9.47 Å². The van der Waals surface area contributed by atoms with Crippen molar-refractivity contribution >= 4 is 12.0 Å². The lowest BCUT2D eigenvalue weighted by Gasteiger charge is -2.17. The third-order valence-electron chi connectivity index (χ3n) is 2.85. The Labute approximate surface area is 101 Å². The molecule has 0 saturated heterocycles. The van der Waals surface area contributed by atoms with Gasteiger partial charge >= 0.3 is 0 Å². The minimum Gasteiger partial charge on any atom is -0.377 e. The second kappa shape index (κ2) is 4.45. The van der Waals surface area contributed by atoms with Crippen molar-refractivity contribution in [2.24, 2.45) is 0 Å². The monoisotopic (exact) mass is 228 g/mol. The van der Waals surface area contributed by atoms with Gasteiger partial charge in [-0.1, -0.05) is 6.07 Å². The molecule has 0 N–H and O–H groups in total. The average molecular weight is 228 g/mol. The number of aldehydes is 1. The van der Waals surface area contributed by atoms with Gasteiger partial charge in [-0.2, -0.15) is 0 Å². The minimum atomic E-state index is 0.665. The molecule has 17 heavy (non-hydrogen) atoms. The van der Waals surface area contributed by atoms with Gasteiger partial charge in [0, 0.05) is 31.7 Å². The average Bonchev–Trinajstić information content (AvgIpc) is 2.77. The molecule has 0 bridgehead atoms. The molecule has 2 rings (SSSR count). The number of rotatable bonds is 3. The summed E-state index contributed by atoms with van der Waals surface area (Å²) >= 11 is 0. The topological polar surface area (TPSA) is 25.2 Å². The van der Waals surface area contributed by atoms with E-state index >= 15 is 0 Å². The summed E-state index contributed by atoms with van der Waals surface area (Å²) in [4.78, 5) is 13.0. The third kappa shape index (κ3) is 2.09. The summed E-state index contributed by atoms with van der Waals surface area (Å²) in [5.41, 5.74) is 4.05. The summed E-state index contributed by atoms with van der Waals surface area (Å²) in [6.07, 6.45) is 2.77. The first-order chi connectivity index (χ1) is 8.13. The predicted molar refractivity (Wildman–Crippen MR) is 70.2 cm³/mol. The van der Waals surface area contributed by atoms with Crippen molar-refractivity contribution in [2.75, 3.05) is 19.0 Å². The van der Waals surface area contributed by atoms with Crippen LogP contribution in [0.5, 0.6) is 0 Å². The SMILES string of the molecule is Cc1ccc(-n2cccc2C=O)cc1N(C)C. The number of benzene rings is 1. The van der Waals surface area contributed by atoms with E-state index in [-0.39, 0.29) is 0 Å². The molecule has 0 atom stereocenters. The highest BCUT2D eigenvalue weighted by Crippen LogP contribution is 2.22. The van der Waals surface area contributed by atoms with Crippen molar-refractivity contribution in [3.8, 4) is 5.69 Å². The van der Waals surface area contributed by atoms with Gasteiger partial charge in [0.2, 0.25) is 0 Å². The molecule has 0 spiro atoms. The lowest BCUT2D eigenvalue weighted by molar-refractivity contribution is 0.111. The fraction of sp³-hybridized carbons (Fsp3) is 0.214. The lowest BCUT2D eigenvalue weighted by atomic mass is 10.1. The van der Waals surface area contributed by atoms with Crippen LogP contribution in [0.4, 0.5) is 5.69 Å². The molecular weight excluding hydrogens is 212 g/mol. The van der Waals surface area contributed by atoms with Gasteiger partial charge in [0.05, 0.1) is 5.69 Å². The zero-order valence-corrected chi connectivity index (χ0v) is 10.3. The molecule has 1 aromatic heterocycles. The second-order valence-electron chi connectivity index (χ2n) is 4.29. The molecule has 0 fully saturated rings. The van der Waals surface area contributed by atoms with Crippen molar-refractivity contribution in [3.63, 3.8) is 0 Å². The van der Waals surface area contributed by atoms with Crippen LogP contribution in [0.1, 0.15) is 16.1 Å². The van der Waals surface area contributed by atoms with Gasteiger partial charge in [-0.15, -0.1) is 0 Å². The Morgan fingerprint density at radius 2 is 2.00 bits per heavy atom. The fourth-order valence-electron chi connectivity index (χ4n) is 1.95. The van der Waals surface area contributed by atoms with Crippen LogP contribution in [-0.2, 0) is 0 Å². The molecule has 0 unspecified atom stereocenters.